The molecule has 1 aromatic carbocycles. The molecule has 0 aliphatic carbocycles. The summed E-state index contributed by atoms with van der Waals surface area (Å²) in [6.45, 7) is 3.84. The van der Waals surface area contributed by atoms with Gasteiger partial charge in [-0.2, -0.15) is 25.2 Å². The highest BCUT2D eigenvalue weighted by atomic mass is 35.5. The van der Waals surface area contributed by atoms with Gasteiger partial charge in [-0.15, -0.1) is 0 Å². The second kappa shape index (κ2) is 8.66. The molecule has 0 saturated heterocycles. The number of rotatable bonds is 6. The first-order chi connectivity index (χ1) is 14.6. The summed E-state index contributed by atoms with van der Waals surface area (Å²) >= 11 is 6.08. The molecule has 3 heterocycles. The van der Waals surface area contributed by atoms with Crippen LogP contribution in [-0.2, 0) is 0 Å². The van der Waals surface area contributed by atoms with Crippen LogP contribution in [0.2, 0.25) is 5.02 Å². The molecule has 3 aromatic heterocycles. The average Bonchev–Trinajstić information content (AvgIpc) is 3.07. The van der Waals surface area contributed by atoms with Gasteiger partial charge in [0.25, 0.3) is 5.95 Å². The van der Waals surface area contributed by atoms with Crippen LogP contribution in [0.4, 0.5) is 17.6 Å². The Bertz CT molecular complexity index is 1190. The van der Waals surface area contributed by atoms with E-state index >= 15 is 0 Å². The van der Waals surface area contributed by atoms with E-state index in [1.54, 1.807) is 29.2 Å². The number of aromatic nitrogens is 6. The van der Waals surface area contributed by atoms with Crippen LogP contribution < -0.4 is 10.7 Å². The summed E-state index contributed by atoms with van der Waals surface area (Å²) in [5, 5.41) is 12.4. The lowest BCUT2D eigenvalue weighted by atomic mass is 10.3. The molecule has 10 heteroatoms. The number of nitrogens with zero attached hydrogens (tertiary/aromatic N) is 7. The lowest BCUT2D eigenvalue weighted by molar-refractivity contribution is 0.767. The van der Waals surface area contributed by atoms with Crippen LogP contribution in [0.1, 0.15) is 17.1 Å². The summed E-state index contributed by atoms with van der Waals surface area (Å²) in [7, 11) is 0. The number of hydrazone groups is 1. The summed E-state index contributed by atoms with van der Waals surface area (Å²) in [6.07, 6.45) is 3.27. The van der Waals surface area contributed by atoms with Gasteiger partial charge in [0.2, 0.25) is 11.9 Å². The van der Waals surface area contributed by atoms with Gasteiger partial charge in [0.1, 0.15) is 0 Å². The number of hydrogen-bond donors (Lipinski definition) is 2. The largest absolute Gasteiger partial charge is 0.324 e. The minimum absolute atomic E-state index is 0.254. The fourth-order valence-corrected chi connectivity index (χ4v) is 2.89. The molecule has 0 amide bonds. The van der Waals surface area contributed by atoms with Crippen molar-refractivity contribution < 1.29 is 0 Å². The smallest absolute Gasteiger partial charge is 0.257 e. The van der Waals surface area contributed by atoms with Gasteiger partial charge in [0.15, 0.2) is 0 Å². The van der Waals surface area contributed by atoms with Gasteiger partial charge < -0.3 is 5.32 Å². The molecule has 2 N–H and O–H groups in total. The minimum atomic E-state index is 0.254. The lowest BCUT2D eigenvalue weighted by Crippen LogP contribution is -2.11. The standard InChI is InChI=1S/C20H18ClN9/c1-13-10-14(2)30(29-13)20-26-18(24-16-8-5-6-15(21)11-16)25-19(27-20)28-23-12-17-7-3-4-9-22-17/h3-12H,1-2H3,(H2,24,25,26,27,28). The fraction of sp³-hybridized carbons (Fsp3) is 0.100. The maximum atomic E-state index is 6.08. The second-order valence-corrected chi connectivity index (χ2v) is 6.82. The Morgan fingerprint density at radius 1 is 1.00 bits per heavy atom. The van der Waals surface area contributed by atoms with E-state index in [0.29, 0.717) is 22.6 Å². The zero-order valence-corrected chi connectivity index (χ0v) is 17.0. The summed E-state index contributed by atoms with van der Waals surface area (Å²) in [6, 6.07) is 14.8. The highest BCUT2D eigenvalue weighted by Crippen LogP contribution is 2.19. The van der Waals surface area contributed by atoms with E-state index in [2.05, 4.69) is 40.9 Å². The topological polar surface area (TPSA) is 106 Å². The molecule has 0 bridgehead atoms. The molecule has 0 aliphatic rings. The Morgan fingerprint density at radius 3 is 2.60 bits per heavy atom. The van der Waals surface area contributed by atoms with E-state index in [9.17, 15) is 0 Å². The van der Waals surface area contributed by atoms with Crippen LogP contribution in [0.25, 0.3) is 5.95 Å². The minimum Gasteiger partial charge on any atom is -0.324 e. The molecule has 0 spiro atoms. The third-order valence-corrected chi connectivity index (χ3v) is 4.19. The molecule has 0 atom stereocenters. The highest BCUT2D eigenvalue weighted by Gasteiger charge is 2.12. The number of aryl methyl sites for hydroxylation is 2. The van der Waals surface area contributed by atoms with Crippen molar-refractivity contribution in [3.63, 3.8) is 0 Å². The number of halogens is 1. The van der Waals surface area contributed by atoms with E-state index in [1.807, 2.05) is 50.2 Å². The molecule has 0 fully saturated rings. The molecule has 0 radical (unpaired) electrons. The molecular weight excluding hydrogens is 402 g/mol. The van der Waals surface area contributed by atoms with Crippen molar-refractivity contribution in [2.24, 2.45) is 5.10 Å². The SMILES string of the molecule is Cc1cc(C)n(-c2nc(NN=Cc3ccccn3)nc(Nc3cccc(Cl)c3)n2)n1. The monoisotopic (exact) mass is 419 g/mol. The quantitative estimate of drug-likeness (QED) is 0.360. The average molecular weight is 420 g/mol. The number of nitrogens with one attached hydrogen (secondary N) is 2. The van der Waals surface area contributed by atoms with Crippen molar-refractivity contribution in [1.29, 1.82) is 0 Å². The molecule has 0 aliphatic heterocycles. The summed E-state index contributed by atoms with van der Waals surface area (Å²) < 4.78 is 1.65. The van der Waals surface area contributed by atoms with Gasteiger partial charge in [-0.25, -0.2) is 10.1 Å². The van der Waals surface area contributed by atoms with Crippen LogP contribution in [0.5, 0.6) is 0 Å². The van der Waals surface area contributed by atoms with E-state index in [0.717, 1.165) is 17.1 Å². The van der Waals surface area contributed by atoms with E-state index in [4.69, 9.17) is 11.6 Å². The number of benzene rings is 1. The van der Waals surface area contributed by atoms with Crippen LogP contribution >= 0.6 is 11.6 Å². The molecule has 9 nitrogen and oxygen atoms in total. The number of hydrogen-bond acceptors (Lipinski definition) is 8. The highest BCUT2D eigenvalue weighted by molar-refractivity contribution is 6.30. The maximum Gasteiger partial charge on any atom is 0.257 e. The molecular formula is C20H18ClN9. The Morgan fingerprint density at radius 2 is 1.87 bits per heavy atom. The lowest BCUT2D eigenvalue weighted by Gasteiger charge is -2.09. The van der Waals surface area contributed by atoms with Crippen molar-refractivity contribution in [3.05, 3.63) is 76.8 Å². The summed E-state index contributed by atoms with van der Waals surface area (Å²) in [5.74, 6) is 0.935. The third kappa shape index (κ3) is 4.76. The Balaban J connectivity index is 1.66. The van der Waals surface area contributed by atoms with E-state index in [-0.39, 0.29) is 5.95 Å². The molecule has 30 heavy (non-hydrogen) atoms. The van der Waals surface area contributed by atoms with E-state index in [1.165, 1.54) is 0 Å². The third-order valence-electron chi connectivity index (χ3n) is 3.95. The number of pyridine rings is 1. The van der Waals surface area contributed by atoms with Gasteiger partial charge in [0.05, 0.1) is 17.6 Å². The summed E-state index contributed by atoms with van der Waals surface area (Å²) in [5.41, 5.74) is 6.04. The van der Waals surface area contributed by atoms with Crippen molar-refractivity contribution in [2.75, 3.05) is 10.7 Å². The molecule has 4 aromatic rings. The molecule has 0 saturated carbocycles. The van der Waals surface area contributed by atoms with Crippen LogP contribution in [0, 0.1) is 13.8 Å². The molecule has 150 valence electrons. The van der Waals surface area contributed by atoms with E-state index < -0.39 is 0 Å². The first kappa shape index (κ1) is 19.5. The van der Waals surface area contributed by atoms with Crippen molar-refractivity contribution in [2.45, 2.75) is 13.8 Å². The normalized spacial score (nSPS) is 11.0. The van der Waals surface area contributed by atoms with Gasteiger partial charge >= 0.3 is 0 Å². The van der Waals surface area contributed by atoms with Crippen LogP contribution in [-0.4, -0.2) is 35.9 Å². The summed E-state index contributed by atoms with van der Waals surface area (Å²) in [4.78, 5) is 17.5. The first-order valence-electron chi connectivity index (χ1n) is 9.09. The first-order valence-corrected chi connectivity index (χ1v) is 9.47. The van der Waals surface area contributed by atoms with Crippen molar-refractivity contribution in [3.8, 4) is 5.95 Å². The van der Waals surface area contributed by atoms with Gasteiger partial charge in [-0.3, -0.25) is 4.98 Å². The van der Waals surface area contributed by atoms with Crippen LogP contribution in [0.15, 0.2) is 59.8 Å². The Labute approximate surface area is 177 Å². The van der Waals surface area contributed by atoms with Crippen LogP contribution in [0.3, 0.4) is 0 Å². The second-order valence-electron chi connectivity index (χ2n) is 6.38. The number of anilines is 3. The fourth-order valence-electron chi connectivity index (χ4n) is 2.70. The Kier molecular flexibility index (Phi) is 5.62. The zero-order valence-electron chi connectivity index (χ0n) is 16.3. The maximum absolute atomic E-state index is 6.08. The predicted octanol–water partition coefficient (Wildman–Crippen LogP) is 3.91. The van der Waals surface area contributed by atoms with Gasteiger partial charge in [-0.1, -0.05) is 23.7 Å². The zero-order chi connectivity index (χ0) is 20.9. The molecule has 0 unspecified atom stereocenters. The predicted molar refractivity (Wildman–Crippen MR) is 117 cm³/mol. The Hall–Kier alpha value is -3.85. The van der Waals surface area contributed by atoms with Crippen molar-refractivity contribution in [1.82, 2.24) is 29.7 Å². The van der Waals surface area contributed by atoms with Crippen molar-refractivity contribution >= 4 is 35.4 Å². The van der Waals surface area contributed by atoms with Gasteiger partial charge in [0, 0.05) is 22.6 Å². The molecule has 4 rings (SSSR count). The van der Waals surface area contributed by atoms with Gasteiger partial charge in [-0.05, 0) is 50.2 Å².